The lowest BCUT2D eigenvalue weighted by Crippen LogP contribution is -1.94. The highest BCUT2D eigenvalue weighted by Gasteiger charge is 2.06. The molecule has 3 rings (SSSR count). The minimum Gasteiger partial charge on any atom is -0.233 e. The lowest BCUT2D eigenvalue weighted by atomic mass is 10.1. The van der Waals surface area contributed by atoms with Crippen LogP contribution in [0.2, 0.25) is 0 Å². The maximum absolute atomic E-state index is 8.88. The fourth-order valence-corrected chi connectivity index (χ4v) is 2.30. The first-order valence-corrected chi connectivity index (χ1v) is 7.09. The van der Waals surface area contributed by atoms with Gasteiger partial charge in [-0.3, -0.25) is 0 Å². The highest BCUT2D eigenvalue weighted by molar-refractivity contribution is 5.68. The van der Waals surface area contributed by atoms with E-state index in [4.69, 9.17) is 5.26 Å². The first kappa shape index (κ1) is 14.0. The van der Waals surface area contributed by atoms with Gasteiger partial charge in [0.25, 0.3) is 0 Å². The Bertz CT molecular complexity index is 841. The molecule has 1 aromatic heterocycles. The van der Waals surface area contributed by atoms with Crippen LogP contribution in [0.15, 0.2) is 54.6 Å². The molecule has 106 valence electrons. The Morgan fingerprint density at radius 1 is 0.773 bits per heavy atom. The molecule has 3 aromatic rings. The number of aryl methyl sites for hydroxylation is 2. The van der Waals surface area contributed by atoms with Crippen molar-refractivity contribution in [1.29, 1.82) is 5.26 Å². The van der Waals surface area contributed by atoms with Crippen molar-refractivity contribution in [1.82, 2.24) is 9.97 Å². The normalized spacial score (nSPS) is 10.2. The van der Waals surface area contributed by atoms with Crippen molar-refractivity contribution in [2.75, 3.05) is 0 Å². The minimum atomic E-state index is 0.647. The van der Waals surface area contributed by atoms with Gasteiger partial charge in [0.15, 0.2) is 0 Å². The zero-order chi connectivity index (χ0) is 15.5. The molecular weight excluding hydrogens is 270 g/mol. The average Bonchev–Trinajstić information content (AvgIpc) is 2.55. The van der Waals surface area contributed by atoms with Crippen LogP contribution in [0.4, 0.5) is 0 Å². The van der Waals surface area contributed by atoms with Crippen LogP contribution in [0.1, 0.15) is 17.0 Å². The second-order valence-corrected chi connectivity index (χ2v) is 5.24. The number of hydrogen-bond acceptors (Lipinski definition) is 3. The predicted octanol–water partition coefficient (Wildman–Crippen LogP) is 4.30. The van der Waals surface area contributed by atoms with Gasteiger partial charge >= 0.3 is 0 Å². The molecule has 0 atom stereocenters. The van der Waals surface area contributed by atoms with Gasteiger partial charge in [0.1, 0.15) is 5.82 Å². The van der Waals surface area contributed by atoms with Gasteiger partial charge < -0.3 is 0 Å². The quantitative estimate of drug-likeness (QED) is 0.705. The zero-order valence-corrected chi connectivity index (χ0v) is 12.5. The number of rotatable bonds is 2. The Hall–Kier alpha value is -2.99. The van der Waals surface area contributed by atoms with Crippen molar-refractivity contribution in [2.24, 2.45) is 0 Å². The summed E-state index contributed by atoms with van der Waals surface area (Å²) in [5, 5.41) is 8.88. The van der Waals surface area contributed by atoms with Crippen LogP contribution in [0, 0.1) is 25.2 Å². The maximum atomic E-state index is 8.88. The van der Waals surface area contributed by atoms with Gasteiger partial charge in [-0.2, -0.15) is 5.26 Å². The van der Waals surface area contributed by atoms with E-state index in [1.165, 1.54) is 5.56 Å². The first-order valence-electron chi connectivity index (χ1n) is 7.09. The first-order chi connectivity index (χ1) is 10.7. The fraction of sp³-hybridized carbons (Fsp3) is 0.105. The SMILES string of the molecule is Cc1ccc(-c2cc(-c3ccc(C#N)cc3)nc(C)n2)cc1. The van der Waals surface area contributed by atoms with Gasteiger partial charge in [-0.15, -0.1) is 0 Å². The van der Waals surface area contributed by atoms with Crippen LogP contribution in [-0.2, 0) is 0 Å². The second-order valence-electron chi connectivity index (χ2n) is 5.24. The van der Waals surface area contributed by atoms with Crippen molar-refractivity contribution in [2.45, 2.75) is 13.8 Å². The number of hydrogen-bond donors (Lipinski definition) is 0. The van der Waals surface area contributed by atoms with Crippen LogP contribution >= 0.6 is 0 Å². The molecule has 2 aromatic carbocycles. The molecule has 0 aliphatic heterocycles. The Balaban J connectivity index is 2.06. The van der Waals surface area contributed by atoms with E-state index in [2.05, 4.69) is 47.2 Å². The molecule has 0 aliphatic rings. The van der Waals surface area contributed by atoms with Crippen LogP contribution in [-0.4, -0.2) is 9.97 Å². The van der Waals surface area contributed by atoms with E-state index < -0.39 is 0 Å². The highest BCUT2D eigenvalue weighted by Crippen LogP contribution is 2.24. The van der Waals surface area contributed by atoms with Gasteiger partial charge in [-0.25, -0.2) is 9.97 Å². The van der Waals surface area contributed by atoms with E-state index in [1.807, 2.05) is 25.1 Å². The van der Waals surface area contributed by atoms with E-state index in [-0.39, 0.29) is 0 Å². The third-order valence-corrected chi connectivity index (χ3v) is 3.50. The van der Waals surface area contributed by atoms with Gasteiger partial charge in [0, 0.05) is 11.1 Å². The summed E-state index contributed by atoms with van der Waals surface area (Å²) in [6, 6.07) is 19.8. The van der Waals surface area contributed by atoms with E-state index in [9.17, 15) is 0 Å². The van der Waals surface area contributed by atoms with E-state index in [1.54, 1.807) is 12.1 Å². The topological polar surface area (TPSA) is 49.6 Å². The van der Waals surface area contributed by atoms with Gasteiger partial charge in [-0.05, 0) is 32.0 Å². The van der Waals surface area contributed by atoms with Gasteiger partial charge in [0.05, 0.1) is 23.0 Å². The highest BCUT2D eigenvalue weighted by atomic mass is 14.9. The summed E-state index contributed by atoms with van der Waals surface area (Å²) in [6.45, 7) is 3.96. The maximum Gasteiger partial charge on any atom is 0.126 e. The summed E-state index contributed by atoms with van der Waals surface area (Å²) in [5.41, 5.74) is 5.71. The summed E-state index contributed by atoms with van der Waals surface area (Å²) >= 11 is 0. The predicted molar refractivity (Wildman–Crippen MR) is 87.1 cm³/mol. The van der Waals surface area contributed by atoms with Gasteiger partial charge in [0.2, 0.25) is 0 Å². The molecule has 0 N–H and O–H groups in total. The monoisotopic (exact) mass is 285 g/mol. The van der Waals surface area contributed by atoms with Gasteiger partial charge in [-0.1, -0.05) is 42.0 Å². The molecule has 3 heteroatoms. The Morgan fingerprint density at radius 3 is 1.77 bits per heavy atom. The van der Waals surface area contributed by atoms with Crippen LogP contribution in [0.25, 0.3) is 22.5 Å². The van der Waals surface area contributed by atoms with Crippen molar-refractivity contribution in [3.63, 3.8) is 0 Å². The van der Waals surface area contributed by atoms with Crippen molar-refractivity contribution >= 4 is 0 Å². The second kappa shape index (κ2) is 5.79. The average molecular weight is 285 g/mol. The van der Waals surface area contributed by atoms with E-state index >= 15 is 0 Å². The molecule has 0 spiro atoms. The summed E-state index contributed by atoms with van der Waals surface area (Å²) in [5.74, 6) is 0.734. The molecule has 0 saturated heterocycles. The summed E-state index contributed by atoms with van der Waals surface area (Å²) in [6.07, 6.45) is 0. The molecule has 3 nitrogen and oxygen atoms in total. The third kappa shape index (κ3) is 2.87. The molecule has 0 aliphatic carbocycles. The molecule has 22 heavy (non-hydrogen) atoms. The van der Waals surface area contributed by atoms with Crippen molar-refractivity contribution < 1.29 is 0 Å². The smallest absolute Gasteiger partial charge is 0.126 e. The van der Waals surface area contributed by atoms with Crippen molar-refractivity contribution in [3.8, 4) is 28.6 Å². The summed E-state index contributed by atoms with van der Waals surface area (Å²) < 4.78 is 0. The molecule has 0 bridgehead atoms. The fourth-order valence-electron chi connectivity index (χ4n) is 2.30. The molecule has 0 saturated carbocycles. The molecule has 0 fully saturated rings. The number of benzene rings is 2. The number of aromatic nitrogens is 2. The van der Waals surface area contributed by atoms with Crippen LogP contribution < -0.4 is 0 Å². The largest absolute Gasteiger partial charge is 0.233 e. The van der Waals surface area contributed by atoms with Crippen molar-refractivity contribution in [3.05, 3.63) is 71.5 Å². The Morgan fingerprint density at radius 2 is 1.27 bits per heavy atom. The molecule has 0 amide bonds. The Kier molecular flexibility index (Phi) is 3.67. The summed E-state index contributed by atoms with van der Waals surface area (Å²) in [4.78, 5) is 9.04. The third-order valence-electron chi connectivity index (χ3n) is 3.50. The van der Waals surface area contributed by atoms with Crippen LogP contribution in [0.5, 0.6) is 0 Å². The lowest BCUT2D eigenvalue weighted by Gasteiger charge is -2.07. The molecule has 0 unspecified atom stereocenters. The molecular formula is C19H15N3. The van der Waals surface area contributed by atoms with E-state index in [0.29, 0.717) is 5.56 Å². The molecule has 1 heterocycles. The molecule has 0 radical (unpaired) electrons. The Labute approximate surface area is 129 Å². The van der Waals surface area contributed by atoms with Crippen LogP contribution in [0.3, 0.4) is 0 Å². The number of nitriles is 1. The zero-order valence-electron chi connectivity index (χ0n) is 12.5. The summed E-state index contributed by atoms with van der Waals surface area (Å²) in [7, 11) is 0. The lowest BCUT2D eigenvalue weighted by molar-refractivity contribution is 1.06. The van der Waals surface area contributed by atoms with E-state index in [0.717, 1.165) is 28.3 Å². The number of nitrogens with zero attached hydrogens (tertiary/aromatic N) is 3. The minimum absolute atomic E-state index is 0.647. The standard InChI is InChI=1S/C19H15N3/c1-13-3-7-16(8-4-13)18-11-19(22-14(2)21-18)17-9-5-15(12-20)6-10-17/h3-11H,1-2H3.